The van der Waals surface area contributed by atoms with E-state index in [9.17, 15) is 9.59 Å². The van der Waals surface area contributed by atoms with E-state index in [1.165, 1.54) is 0 Å². The highest BCUT2D eigenvalue weighted by Gasteiger charge is 2.39. The molecule has 4 nitrogen and oxygen atoms in total. The Kier molecular flexibility index (Phi) is 3.69. The second kappa shape index (κ2) is 5.70. The first-order valence-electron chi connectivity index (χ1n) is 9.06. The molecule has 2 aliphatic carbocycles. The van der Waals surface area contributed by atoms with Gasteiger partial charge >= 0.3 is 0 Å². The summed E-state index contributed by atoms with van der Waals surface area (Å²) >= 11 is 0. The number of anilines is 1. The van der Waals surface area contributed by atoms with Gasteiger partial charge in [0, 0.05) is 22.2 Å². The average Bonchev–Trinajstić information content (AvgIpc) is 3.07. The minimum Gasteiger partial charge on any atom is -0.494 e. The van der Waals surface area contributed by atoms with Crippen molar-refractivity contribution in [1.82, 2.24) is 0 Å². The van der Waals surface area contributed by atoms with Crippen LogP contribution < -0.4 is 10.1 Å². The summed E-state index contributed by atoms with van der Waals surface area (Å²) < 4.78 is 5.71. The summed E-state index contributed by atoms with van der Waals surface area (Å²) in [5.41, 5.74) is 4.75. The van der Waals surface area contributed by atoms with Crippen LogP contribution in [0.15, 0.2) is 24.3 Å². The number of methoxy groups -OCH3 is 1. The lowest BCUT2D eigenvalue weighted by Gasteiger charge is -2.30. The Bertz CT molecular complexity index is 951. The number of ketones is 2. The molecular weight excluding hydrogens is 326 g/mol. The summed E-state index contributed by atoms with van der Waals surface area (Å²) in [7, 11) is 1.57. The maximum atomic E-state index is 13.3. The normalized spacial score (nSPS) is 15.4. The van der Waals surface area contributed by atoms with Crippen molar-refractivity contribution in [2.24, 2.45) is 0 Å². The van der Waals surface area contributed by atoms with E-state index in [0.29, 0.717) is 28.0 Å². The van der Waals surface area contributed by atoms with Crippen LogP contribution in [0.4, 0.5) is 5.69 Å². The van der Waals surface area contributed by atoms with Crippen molar-refractivity contribution in [2.75, 3.05) is 12.4 Å². The number of carbonyl (C=O) groups excluding carboxylic acids is 2. The maximum absolute atomic E-state index is 13.3. The summed E-state index contributed by atoms with van der Waals surface area (Å²) in [4.78, 5) is 26.5. The van der Waals surface area contributed by atoms with Crippen LogP contribution in [0.3, 0.4) is 0 Å². The van der Waals surface area contributed by atoms with Crippen LogP contribution in [0.5, 0.6) is 5.75 Å². The van der Waals surface area contributed by atoms with E-state index < -0.39 is 0 Å². The van der Waals surface area contributed by atoms with E-state index in [4.69, 9.17) is 4.74 Å². The van der Waals surface area contributed by atoms with Gasteiger partial charge in [0.25, 0.3) is 0 Å². The lowest BCUT2D eigenvalue weighted by Crippen LogP contribution is -2.29. The molecule has 134 valence electrons. The molecule has 0 saturated carbocycles. The molecule has 0 radical (unpaired) electrons. The van der Waals surface area contributed by atoms with Crippen LogP contribution in [0.2, 0.25) is 0 Å². The van der Waals surface area contributed by atoms with E-state index in [1.54, 1.807) is 25.3 Å². The van der Waals surface area contributed by atoms with E-state index in [-0.39, 0.29) is 17.1 Å². The number of hydrogen-bond donors (Lipinski definition) is 1. The fourth-order valence-corrected chi connectivity index (χ4v) is 4.15. The molecule has 0 amide bonds. The smallest absolute Gasteiger partial charge is 0.198 e. The third-order valence-electron chi connectivity index (χ3n) is 5.10. The second-order valence-electron chi connectivity index (χ2n) is 8.05. The Hall–Kier alpha value is -2.62. The van der Waals surface area contributed by atoms with Gasteiger partial charge in [-0.25, -0.2) is 0 Å². The van der Waals surface area contributed by atoms with Crippen LogP contribution >= 0.6 is 0 Å². The van der Waals surface area contributed by atoms with E-state index in [2.05, 4.69) is 26.1 Å². The summed E-state index contributed by atoms with van der Waals surface area (Å²) in [5, 5.41) is 3.52. The minimum absolute atomic E-state index is 0.0611. The molecular formula is C22H23NO3. The molecule has 0 aliphatic heterocycles. The van der Waals surface area contributed by atoms with Gasteiger partial charge in [-0.3, -0.25) is 9.59 Å². The fraction of sp³-hybridized carbons (Fsp3) is 0.364. The largest absolute Gasteiger partial charge is 0.494 e. The highest BCUT2D eigenvalue weighted by Crippen LogP contribution is 2.46. The van der Waals surface area contributed by atoms with Gasteiger partial charge in [-0.1, -0.05) is 24.3 Å². The highest BCUT2D eigenvalue weighted by atomic mass is 16.5. The molecule has 0 bridgehead atoms. The number of rotatable bonds is 2. The molecule has 2 aromatic carbocycles. The van der Waals surface area contributed by atoms with Crippen molar-refractivity contribution in [3.63, 3.8) is 0 Å². The van der Waals surface area contributed by atoms with E-state index in [0.717, 1.165) is 36.1 Å². The van der Waals surface area contributed by atoms with E-state index >= 15 is 0 Å². The first-order valence-corrected chi connectivity index (χ1v) is 9.06. The Morgan fingerprint density at radius 2 is 1.50 bits per heavy atom. The Labute approximate surface area is 153 Å². The molecule has 2 aromatic rings. The van der Waals surface area contributed by atoms with Crippen molar-refractivity contribution < 1.29 is 14.3 Å². The Balaban J connectivity index is 2.06. The van der Waals surface area contributed by atoms with Gasteiger partial charge in [0.05, 0.1) is 18.4 Å². The molecule has 0 aromatic heterocycles. The monoisotopic (exact) mass is 349 g/mol. The van der Waals surface area contributed by atoms with Gasteiger partial charge in [0.1, 0.15) is 0 Å². The van der Waals surface area contributed by atoms with Crippen molar-refractivity contribution in [2.45, 2.75) is 45.6 Å². The third kappa shape index (κ3) is 2.36. The van der Waals surface area contributed by atoms with Gasteiger partial charge in [-0.05, 0) is 51.2 Å². The summed E-state index contributed by atoms with van der Waals surface area (Å²) in [6, 6.07) is 7.07. The average molecular weight is 349 g/mol. The summed E-state index contributed by atoms with van der Waals surface area (Å²) in [6.07, 6.45) is 2.69. The molecule has 0 fully saturated rings. The molecule has 0 atom stereocenters. The Morgan fingerprint density at radius 1 is 0.923 bits per heavy atom. The first kappa shape index (κ1) is 16.8. The predicted molar refractivity (Wildman–Crippen MR) is 102 cm³/mol. The zero-order chi connectivity index (χ0) is 18.6. The molecule has 4 rings (SSSR count). The van der Waals surface area contributed by atoms with Crippen molar-refractivity contribution in [1.29, 1.82) is 0 Å². The molecule has 4 heteroatoms. The van der Waals surface area contributed by atoms with Crippen molar-refractivity contribution in [3.8, 4) is 5.75 Å². The SMILES string of the molecule is COc1c(NC(C)(C)C)c2c(c3c1C(=O)c1ccccc1C3=O)CCC2. The lowest BCUT2D eigenvalue weighted by atomic mass is 9.79. The lowest BCUT2D eigenvalue weighted by molar-refractivity contribution is 0.0976. The zero-order valence-corrected chi connectivity index (χ0v) is 15.7. The topological polar surface area (TPSA) is 55.4 Å². The number of ether oxygens (including phenoxy) is 1. The molecule has 1 N–H and O–H groups in total. The minimum atomic E-state index is -0.183. The Morgan fingerprint density at radius 3 is 2.08 bits per heavy atom. The molecule has 0 unspecified atom stereocenters. The quantitative estimate of drug-likeness (QED) is 0.754. The van der Waals surface area contributed by atoms with Crippen molar-refractivity contribution in [3.05, 3.63) is 57.6 Å². The number of fused-ring (bicyclic) bond motifs is 4. The van der Waals surface area contributed by atoms with Crippen LogP contribution in [-0.4, -0.2) is 24.2 Å². The van der Waals surface area contributed by atoms with Gasteiger partial charge in [0.15, 0.2) is 17.3 Å². The number of nitrogens with one attached hydrogen (secondary N) is 1. The number of benzene rings is 2. The van der Waals surface area contributed by atoms with Crippen molar-refractivity contribution >= 4 is 17.3 Å². The van der Waals surface area contributed by atoms with Crippen LogP contribution in [0, 0.1) is 0 Å². The van der Waals surface area contributed by atoms with Crippen LogP contribution in [0.25, 0.3) is 0 Å². The number of hydrogen-bond acceptors (Lipinski definition) is 4. The van der Waals surface area contributed by atoms with Gasteiger partial charge in [-0.15, -0.1) is 0 Å². The zero-order valence-electron chi connectivity index (χ0n) is 15.7. The molecule has 26 heavy (non-hydrogen) atoms. The molecule has 0 saturated heterocycles. The summed E-state index contributed by atoms with van der Waals surface area (Å²) in [6.45, 7) is 6.24. The van der Waals surface area contributed by atoms with Crippen LogP contribution in [0.1, 0.15) is 70.2 Å². The highest BCUT2D eigenvalue weighted by molar-refractivity contribution is 6.30. The third-order valence-corrected chi connectivity index (χ3v) is 5.10. The predicted octanol–water partition coefficient (Wildman–Crippen LogP) is 4.17. The van der Waals surface area contributed by atoms with Crippen LogP contribution in [-0.2, 0) is 12.8 Å². The van der Waals surface area contributed by atoms with E-state index in [1.807, 2.05) is 6.07 Å². The second-order valence-corrected chi connectivity index (χ2v) is 8.05. The standard InChI is InChI=1S/C22H23NO3/c1-22(2,3)23-18-13-11-7-10-12(13)16-17(21(18)26-4)20(25)15-9-6-5-8-14(15)19(16)24/h5-6,8-9,23H,7,10-11H2,1-4H3. The summed E-state index contributed by atoms with van der Waals surface area (Å²) in [5.74, 6) is 0.316. The maximum Gasteiger partial charge on any atom is 0.198 e. The van der Waals surface area contributed by atoms with Gasteiger partial charge in [0.2, 0.25) is 0 Å². The van der Waals surface area contributed by atoms with Gasteiger partial charge < -0.3 is 10.1 Å². The fourth-order valence-electron chi connectivity index (χ4n) is 4.15. The molecule has 0 spiro atoms. The number of carbonyl (C=O) groups is 2. The molecule has 0 heterocycles. The first-order chi connectivity index (χ1) is 12.3. The van der Waals surface area contributed by atoms with Gasteiger partial charge in [-0.2, -0.15) is 0 Å². The molecule has 2 aliphatic rings.